The Morgan fingerprint density at radius 2 is 1.88 bits per heavy atom. The van der Waals surface area contributed by atoms with Gasteiger partial charge in [-0.2, -0.15) is 0 Å². The minimum Gasteiger partial charge on any atom is -0.496 e. The zero-order valence-corrected chi connectivity index (χ0v) is 11.3. The molecule has 0 unspecified atom stereocenters. The third kappa shape index (κ3) is 2.99. The molecule has 0 bridgehead atoms. The van der Waals surface area contributed by atoms with Gasteiger partial charge in [0.25, 0.3) is 0 Å². The molecule has 0 aromatic heterocycles. The molecule has 0 saturated carbocycles. The zero-order valence-electron chi connectivity index (χ0n) is 11.3. The van der Waals surface area contributed by atoms with Crippen molar-refractivity contribution in [2.75, 3.05) is 21.2 Å². The summed E-state index contributed by atoms with van der Waals surface area (Å²) in [7, 11) is 5.93. The average molecular weight is 221 g/mol. The van der Waals surface area contributed by atoms with E-state index in [0.29, 0.717) is 5.92 Å². The van der Waals surface area contributed by atoms with E-state index < -0.39 is 0 Å². The van der Waals surface area contributed by atoms with Gasteiger partial charge < -0.3 is 9.64 Å². The van der Waals surface area contributed by atoms with Crippen molar-refractivity contribution in [1.29, 1.82) is 0 Å². The molecule has 1 aromatic rings. The van der Waals surface area contributed by atoms with E-state index in [1.165, 1.54) is 16.7 Å². The smallest absolute Gasteiger partial charge is 0.122 e. The van der Waals surface area contributed by atoms with Crippen LogP contribution in [0.15, 0.2) is 12.1 Å². The Bertz CT molecular complexity index is 356. The van der Waals surface area contributed by atoms with Gasteiger partial charge in [0.05, 0.1) is 7.11 Å². The second-order valence-corrected chi connectivity index (χ2v) is 4.91. The predicted molar refractivity (Wildman–Crippen MR) is 69.2 cm³/mol. The quantitative estimate of drug-likeness (QED) is 0.774. The standard InChI is InChI=1S/C14H23NO/c1-10(2)13-8-12(9-15(4)5)11(3)7-14(13)16-6/h7-8,10H,9H2,1-6H3. The third-order valence-corrected chi connectivity index (χ3v) is 2.80. The van der Waals surface area contributed by atoms with Crippen molar-refractivity contribution >= 4 is 0 Å². The molecule has 0 atom stereocenters. The normalized spacial score (nSPS) is 11.2. The SMILES string of the molecule is COc1cc(C)c(CN(C)C)cc1C(C)C. The minimum absolute atomic E-state index is 0.497. The van der Waals surface area contributed by atoms with Crippen LogP contribution in [0.5, 0.6) is 5.75 Å². The Morgan fingerprint density at radius 1 is 1.25 bits per heavy atom. The lowest BCUT2D eigenvalue weighted by Crippen LogP contribution is -2.12. The van der Waals surface area contributed by atoms with Gasteiger partial charge in [0, 0.05) is 6.54 Å². The predicted octanol–water partition coefficient (Wildman–Crippen LogP) is 3.19. The van der Waals surface area contributed by atoms with Gasteiger partial charge in [0.15, 0.2) is 0 Å². The van der Waals surface area contributed by atoms with Crippen molar-refractivity contribution in [2.24, 2.45) is 0 Å². The van der Waals surface area contributed by atoms with E-state index in [4.69, 9.17) is 4.74 Å². The van der Waals surface area contributed by atoms with Gasteiger partial charge in [0.1, 0.15) is 5.75 Å². The molecule has 2 heteroatoms. The second-order valence-electron chi connectivity index (χ2n) is 4.91. The molecule has 0 aliphatic heterocycles. The molecule has 0 amide bonds. The number of hydrogen-bond donors (Lipinski definition) is 0. The molecule has 0 aliphatic rings. The van der Waals surface area contributed by atoms with Gasteiger partial charge >= 0.3 is 0 Å². The first kappa shape index (κ1) is 13.0. The molecular formula is C14H23NO. The van der Waals surface area contributed by atoms with E-state index in [1.54, 1.807) is 7.11 Å². The number of nitrogens with zero attached hydrogens (tertiary/aromatic N) is 1. The second kappa shape index (κ2) is 5.35. The first-order valence-electron chi connectivity index (χ1n) is 5.77. The molecule has 90 valence electrons. The molecule has 0 spiro atoms. The Labute approximate surface area is 99.2 Å². The summed E-state index contributed by atoms with van der Waals surface area (Å²) in [5.41, 5.74) is 3.98. The van der Waals surface area contributed by atoms with Crippen LogP contribution in [0, 0.1) is 6.92 Å². The van der Waals surface area contributed by atoms with Crippen molar-refractivity contribution < 1.29 is 4.74 Å². The fraction of sp³-hybridized carbons (Fsp3) is 0.571. The highest BCUT2D eigenvalue weighted by Crippen LogP contribution is 2.29. The first-order valence-corrected chi connectivity index (χ1v) is 5.77. The average Bonchev–Trinajstić information content (AvgIpc) is 2.19. The summed E-state index contributed by atoms with van der Waals surface area (Å²) < 4.78 is 5.43. The summed E-state index contributed by atoms with van der Waals surface area (Å²) in [6.07, 6.45) is 0. The third-order valence-electron chi connectivity index (χ3n) is 2.80. The van der Waals surface area contributed by atoms with E-state index >= 15 is 0 Å². The molecule has 1 aromatic carbocycles. The topological polar surface area (TPSA) is 12.5 Å². The molecule has 0 saturated heterocycles. The number of rotatable bonds is 4. The molecule has 0 fully saturated rings. The van der Waals surface area contributed by atoms with Crippen LogP contribution in [-0.4, -0.2) is 26.1 Å². The number of methoxy groups -OCH3 is 1. The van der Waals surface area contributed by atoms with Crippen molar-refractivity contribution in [3.05, 3.63) is 28.8 Å². The number of hydrogen-bond acceptors (Lipinski definition) is 2. The first-order chi connectivity index (χ1) is 7.45. The Balaban J connectivity index is 3.16. The lowest BCUT2D eigenvalue weighted by Gasteiger charge is -2.18. The highest BCUT2D eigenvalue weighted by molar-refractivity contribution is 5.43. The Morgan fingerprint density at radius 3 is 2.31 bits per heavy atom. The summed E-state index contributed by atoms with van der Waals surface area (Å²) in [5.74, 6) is 1.51. The van der Waals surface area contributed by atoms with Crippen LogP contribution in [0.1, 0.15) is 36.5 Å². The number of ether oxygens (including phenoxy) is 1. The van der Waals surface area contributed by atoms with E-state index in [0.717, 1.165) is 12.3 Å². The lowest BCUT2D eigenvalue weighted by atomic mass is 9.96. The van der Waals surface area contributed by atoms with E-state index in [2.05, 4.69) is 51.9 Å². The van der Waals surface area contributed by atoms with Gasteiger partial charge in [-0.25, -0.2) is 0 Å². The maximum atomic E-state index is 5.43. The molecule has 1 rings (SSSR count). The Kier molecular flexibility index (Phi) is 4.36. The van der Waals surface area contributed by atoms with Gasteiger partial charge in [-0.05, 0) is 49.7 Å². The molecule has 16 heavy (non-hydrogen) atoms. The maximum absolute atomic E-state index is 5.43. The van der Waals surface area contributed by atoms with Gasteiger partial charge in [0.2, 0.25) is 0 Å². The lowest BCUT2D eigenvalue weighted by molar-refractivity contribution is 0.395. The fourth-order valence-electron chi connectivity index (χ4n) is 1.88. The summed E-state index contributed by atoms with van der Waals surface area (Å²) in [6.45, 7) is 7.53. The van der Waals surface area contributed by atoms with Gasteiger partial charge in [-0.3, -0.25) is 0 Å². The highest BCUT2D eigenvalue weighted by Gasteiger charge is 2.11. The largest absolute Gasteiger partial charge is 0.496 e. The summed E-state index contributed by atoms with van der Waals surface area (Å²) in [6, 6.07) is 4.42. The monoisotopic (exact) mass is 221 g/mol. The molecule has 0 aliphatic carbocycles. The van der Waals surface area contributed by atoms with Crippen LogP contribution >= 0.6 is 0 Å². The van der Waals surface area contributed by atoms with Crippen molar-refractivity contribution in [2.45, 2.75) is 33.2 Å². The fourth-order valence-corrected chi connectivity index (χ4v) is 1.88. The number of benzene rings is 1. The minimum atomic E-state index is 0.497. The maximum Gasteiger partial charge on any atom is 0.122 e. The van der Waals surface area contributed by atoms with Crippen LogP contribution in [0.4, 0.5) is 0 Å². The Hall–Kier alpha value is -1.02. The van der Waals surface area contributed by atoms with E-state index in [9.17, 15) is 0 Å². The van der Waals surface area contributed by atoms with Crippen LogP contribution in [-0.2, 0) is 6.54 Å². The number of aryl methyl sites for hydroxylation is 1. The highest BCUT2D eigenvalue weighted by atomic mass is 16.5. The van der Waals surface area contributed by atoms with Crippen molar-refractivity contribution in [1.82, 2.24) is 4.90 Å². The van der Waals surface area contributed by atoms with Crippen LogP contribution in [0.2, 0.25) is 0 Å². The molecule has 0 heterocycles. The summed E-state index contributed by atoms with van der Waals surface area (Å²) in [4.78, 5) is 2.19. The summed E-state index contributed by atoms with van der Waals surface area (Å²) >= 11 is 0. The van der Waals surface area contributed by atoms with Gasteiger partial charge in [-0.1, -0.05) is 19.9 Å². The van der Waals surface area contributed by atoms with Crippen LogP contribution < -0.4 is 4.74 Å². The summed E-state index contributed by atoms with van der Waals surface area (Å²) in [5, 5.41) is 0. The molecule has 2 nitrogen and oxygen atoms in total. The molecule has 0 N–H and O–H groups in total. The van der Waals surface area contributed by atoms with E-state index in [1.807, 2.05) is 0 Å². The van der Waals surface area contributed by atoms with Crippen LogP contribution in [0.25, 0.3) is 0 Å². The molecular weight excluding hydrogens is 198 g/mol. The van der Waals surface area contributed by atoms with Crippen molar-refractivity contribution in [3.8, 4) is 5.75 Å². The zero-order chi connectivity index (χ0) is 12.3. The van der Waals surface area contributed by atoms with Crippen LogP contribution in [0.3, 0.4) is 0 Å². The van der Waals surface area contributed by atoms with E-state index in [-0.39, 0.29) is 0 Å². The molecule has 0 radical (unpaired) electrons. The van der Waals surface area contributed by atoms with Gasteiger partial charge in [-0.15, -0.1) is 0 Å². The van der Waals surface area contributed by atoms with Crippen molar-refractivity contribution in [3.63, 3.8) is 0 Å².